The number of amides is 3. The lowest BCUT2D eigenvalue weighted by molar-refractivity contribution is -0.163. The highest BCUT2D eigenvalue weighted by Crippen LogP contribution is 2.14. The van der Waals surface area contributed by atoms with Gasteiger partial charge in [0.15, 0.2) is 12.2 Å². The predicted molar refractivity (Wildman–Crippen MR) is 81.3 cm³/mol. The quantitative estimate of drug-likeness (QED) is 0.793. The zero-order valence-electron chi connectivity index (χ0n) is 12.9. The third-order valence-corrected chi connectivity index (χ3v) is 3.39. The second-order valence-electron chi connectivity index (χ2n) is 5.24. The first kappa shape index (κ1) is 17.0. The summed E-state index contributed by atoms with van der Waals surface area (Å²) in [5.74, 6) is -1.25. The van der Waals surface area contributed by atoms with Gasteiger partial charge in [-0.3, -0.25) is 10.1 Å². The minimum absolute atomic E-state index is 0.296. The second-order valence-corrected chi connectivity index (χ2v) is 5.24. The van der Waals surface area contributed by atoms with Gasteiger partial charge in [-0.2, -0.15) is 0 Å². The van der Waals surface area contributed by atoms with Crippen molar-refractivity contribution in [2.75, 3.05) is 6.61 Å². The number of hydrogen-bond donors (Lipinski definition) is 2. The molecule has 7 heteroatoms. The van der Waals surface area contributed by atoms with Crippen LogP contribution >= 0.6 is 0 Å². The van der Waals surface area contributed by atoms with Gasteiger partial charge in [0.25, 0.3) is 5.91 Å². The van der Waals surface area contributed by atoms with Crippen LogP contribution in [0.15, 0.2) is 30.3 Å². The molecule has 2 rings (SSSR count). The second kappa shape index (κ2) is 8.28. The molecule has 1 aromatic rings. The van der Waals surface area contributed by atoms with Crippen LogP contribution in [0.1, 0.15) is 25.3 Å². The number of urea groups is 1. The van der Waals surface area contributed by atoms with E-state index in [-0.39, 0.29) is 0 Å². The van der Waals surface area contributed by atoms with Crippen LogP contribution in [0.25, 0.3) is 0 Å². The van der Waals surface area contributed by atoms with Crippen LogP contribution in [-0.4, -0.2) is 36.7 Å². The Kier molecular flexibility index (Phi) is 6.10. The first-order valence-electron chi connectivity index (χ1n) is 7.51. The molecule has 124 valence electrons. The van der Waals surface area contributed by atoms with Crippen LogP contribution in [0.4, 0.5) is 4.79 Å². The fourth-order valence-corrected chi connectivity index (χ4v) is 2.10. The molecular formula is C16H20N2O5. The summed E-state index contributed by atoms with van der Waals surface area (Å²) in [5.41, 5.74) is 0.910. The number of ether oxygens (including phenoxy) is 2. The molecule has 0 spiro atoms. The first-order chi connectivity index (χ1) is 11.1. The van der Waals surface area contributed by atoms with E-state index in [0.29, 0.717) is 19.6 Å². The molecule has 1 aliphatic rings. The Hall–Kier alpha value is -2.41. The van der Waals surface area contributed by atoms with E-state index in [4.69, 9.17) is 9.47 Å². The van der Waals surface area contributed by atoms with Gasteiger partial charge >= 0.3 is 12.0 Å². The summed E-state index contributed by atoms with van der Waals surface area (Å²) in [6, 6.07) is 8.65. The molecule has 0 radical (unpaired) electrons. The third-order valence-electron chi connectivity index (χ3n) is 3.39. The largest absolute Gasteiger partial charge is 0.451 e. The lowest BCUT2D eigenvalue weighted by atomic mass is 10.2. The third kappa shape index (κ3) is 5.37. The molecule has 7 nitrogen and oxygen atoms in total. The molecule has 1 heterocycles. The number of carbonyl (C=O) groups excluding carboxylic acids is 3. The maximum Gasteiger partial charge on any atom is 0.336 e. The normalized spacial score (nSPS) is 18.0. The van der Waals surface area contributed by atoms with E-state index in [2.05, 4.69) is 10.6 Å². The summed E-state index contributed by atoms with van der Waals surface area (Å²) >= 11 is 0. The van der Waals surface area contributed by atoms with Crippen molar-refractivity contribution in [1.82, 2.24) is 10.6 Å². The van der Waals surface area contributed by atoms with Crippen molar-refractivity contribution in [2.45, 2.75) is 38.5 Å². The van der Waals surface area contributed by atoms with Crippen LogP contribution in [-0.2, 0) is 25.6 Å². The molecule has 2 N–H and O–H groups in total. The van der Waals surface area contributed by atoms with Crippen molar-refractivity contribution >= 4 is 17.9 Å². The Morgan fingerprint density at radius 2 is 2.04 bits per heavy atom. The van der Waals surface area contributed by atoms with E-state index in [0.717, 1.165) is 12.0 Å². The Morgan fingerprint density at radius 3 is 2.70 bits per heavy atom. The highest BCUT2D eigenvalue weighted by molar-refractivity contribution is 5.97. The van der Waals surface area contributed by atoms with E-state index >= 15 is 0 Å². The van der Waals surface area contributed by atoms with E-state index in [9.17, 15) is 14.4 Å². The maximum atomic E-state index is 11.8. The zero-order chi connectivity index (χ0) is 16.7. The van der Waals surface area contributed by atoms with E-state index in [1.54, 1.807) is 0 Å². The van der Waals surface area contributed by atoms with Crippen LogP contribution in [0.2, 0.25) is 0 Å². The average molecular weight is 320 g/mol. The van der Waals surface area contributed by atoms with E-state index < -0.39 is 30.1 Å². The number of rotatable bonds is 5. The van der Waals surface area contributed by atoms with Crippen molar-refractivity contribution in [1.29, 1.82) is 0 Å². The molecule has 1 aromatic carbocycles. The maximum absolute atomic E-state index is 11.8. The van der Waals surface area contributed by atoms with Crippen molar-refractivity contribution in [3.8, 4) is 0 Å². The summed E-state index contributed by atoms with van der Waals surface area (Å²) < 4.78 is 10.2. The Labute approximate surface area is 134 Å². The first-order valence-corrected chi connectivity index (χ1v) is 7.51. The molecule has 1 saturated heterocycles. The zero-order valence-corrected chi connectivity index (χ0v) is 12.9. The Bertz CT molecular complexity index is 555. The fraction of sp³-hybridized carbons (Fsp3) is 0.438. The van der Waals surface area contributed by atoms with E-state index in [1.165, 1.54) is 6.92 Å². The van der Waals surface area contributed by atoms with Gasteiger partial charge in [-0.25, -0.2) is 9.59 Å². The summed E-state index contributed by atoms with van der Waals surface area (Å²) in [4.78, 5) is 35.2. The standard InChI is InChI=1S/C16H20N2O5/c1-11(23-15(20)13-8-5-9-22-13)14(19)18-16(21)17-10-12-6-3-2-4-7-12/h2-4,6-7,11,13H,5,8-10H2,1H3,(H2,17,18,19,21)/t11-,13-/m1/s1. The van der Waals surface area contributed by atoms with Gasteiger partial charge in [0, 0.05) is 13.2 Å². The average Bonchev–Trinajstić information content (AvgIpc) is 3.08. The summed E-state index contributed by atoms with van der Waals surface area (Å²) in [6.45, 7) is 2.22. The molecular weight excluding hydrogens is 300 g/mol. The van der Waals surface area contributed by atoms with Crippen molar-refractivity contribution in [3.05, 3.63) is 35.9 Å². The van der Waals surface area contributed by atoms with Crippen molar-refractivity contribution in [3.63, 3.8) is 0 Å². The number of hydrogen-bond acceptors (Lipinski definition) is 5. The number of imide groups is 1. The van der Waals surface area contributed by atoms with Crippen LogP contribution < -0.4 is 10.6 Å². The lowest BCUT2D eigenvalue weighted by Gasteiger charge is -2.15. The molecule has 2 atom stereocenters. The number of esters is 1. The predicted octanol–water partition coefficient (Wildman–Crippen LogP) is 1.12. The highest BCUT2D eigenvalue weighted by Gasteiger charge is 2.28. The van der Waals surface area contributed by atoms with Gasteiger partial charge in [-0.05, 0) is 25.3 Å². The number of carbonyl (C=O) groups is 3. The fourth-order valence-electron chi connectivity index (χ4n) is 2.10. The minimum Gasteiger partial charge on any atom is -0.451 e. The van der Waals surface area contributed by atoms with Gasteiger partial charge in [0.1, 0.15) is 0 Å². The molecule has 0 aromatic heterocycles. The van der Waals surface area contributed by atoms with Gasteiger partial charge < -0.3 is 14.8 Å². The smallest absolute Gasteiger partial charge is 0.336 e. The molecule has 3 amide bonds. The van der Waals surface area contributed by atoms with Crippen LogP contribution in [0.5, 0.6) is 0 Å². The van der Waals surface area contributed by atoms with Crippen LogP contribution in [0, 0.1) is 0 Å². The summed E-state index contributed by atoms with van der Waals surface area (Å²) in [5, 5.41) is 4.70. The Morgan fingerprint density at radius 1 is 1.30 bits per heavy atom. The molecule has 0 aliphatic carbocycles. The molecule has 0 unspecified atom stereocenters. The topological polar surface area (TPSA) is 93.7 Å². The van der Waals surface area contributed by atoms with E-state index in [1.807, 2.05) is 30.3 Å². The minimum atomic E-state index is -1.06. The molecule has 1 fully saturated rings. The SMILES string of the molecule is C[C@@H](OC(=O)[C@H]1CCCO1)C(=O)NC(=O)NCc1ccccc1. The van der Waals surface area contributed by atoms with Gasteiger partial charge in [0.2, 0.25) is 0 Å². The van der Waals surface area contributed by atoms with Crippen molar-refractivity contribution in [2.24, 2.45) is 0 Å². The van der Waals surface area contributed by atoms with Gasteiger partial charge in [0.05, 0.1) is 0 Å². The monoisotopic (exact) mass is 320 g/mol. The number of nitrogens with one attached hydrogen (secondary N) is 2. The van der Waals surface area contributed by atoms with Gasteiger partial charge in [-0.1, -0.05) is 30.3 Å². The Balaban J connectivity index is 1.72. The number of benzene rings is 1. The highest BCUT2D eigenvalue weighted by atomic mass is 16.6. The molecule has 0 bridgehead atoms. The van der Waals surface area contributed by atoms with Crippen LogP contribution in [0.3, 0.4) is 0 Å². The summed E-state index contributed by atoms with van der Waals surface area (Å²) in [7, 11) is 0. The van der Waals surface area contributed by atoms with Gasteiger partial charge in [-0.15, -0.1) is 0 Å². The summed E-state index contributed by atoms with van der Waals surface area (Å²) in [6.07, 6.45) is -0.293. The molecule has 23 heavy (non-hydrogen) atoms. The molecule has 1 aliphatic heterocycles. The lowest BCUT2D eigenvalue weighted by Crippen LogP contribution is -2.45. The van der Waals surface area contributed by atoms with Crippen molar-refractivity contribution < 1.29 is 23.9 Å². The molecule has 0 saturated carbocycles.